The highest BCUT2D eigenvalue weighted by atomic mass is 16.3. The zero-order valence-electron chi connectivity index (χ0n) is 20.0. The number of carbonyl (C=O) groups excluding carboxylic acids is 1. The molecule has 6 nitrogen and oxygen atoms in total. The van der Waals surface area contributed by atoms with Crippen LogP contribution in [0.25, 0.3) is 22.0 Å². The van der Waals surface area contributed by atoms with Crippen LogP contribution in [0, 0.1) is 12.8 Å². The second kappa shape index (κ2) is 9.29. The average Bonchev–Trinajstić information content (AvgIpc) is 3.34. The number of aromatic nitrogens is 1. The molecule has 2 atom stereocenters. The third-order valence-corrected chi connectivity index (χ3v) is 6.29. The Hall–Kier alpha value is -2.67. The minimum Gasteiger partial charge on any atom is -0.396 e. The van der Waals surface area contributed by atoms with Gasteiger partial charge in [-0.1, -0.05) is 12.1 Å². The molecular formula is C27H35N3O3. The van der Waals surface area contributed by atoms with Crippen LogP contribution in [-0.2, 0) is 6.54 Å². The summed E-state index contributed by atoms with van der Waals surface area (Å²) in [6.07, 6.45) is 0.829. The molecule has 3 aromatic rings. The number of aliphatic hydroxyl groups is 2. The molecule has 176 valence electrons. The second-order valence-electron chi connectivity index (χ2n) is 10.4. The molecule has 1 aromatic heterocycles. The summed E-state index contributed by atoms with van der Waals surface area (Å²) in [7, 11) is 0. The van der Waals surface area contributed by atoms with Crippen molar-refractivity contribution < 1.29 is 15.0 Å². The van der Waals surface area contributed by atoms with Gasteiger partial charge in [0.1, 0.15) is 0 Å². The SMILES string of the molecule is Cc1cc(C(=O)NC(C)(C)C)cc(-c2ccc3[nH]c(CN4C[C@@H](CO)C[C@@H]4CO)cc3c2)c1. The number of H-pyrrole nitrogens is 1. The number of likely N-dealkylation sites (tertiary alicyclic amines) is 1. The number of aromatic amines is 1. The first-order chi connectivity index (χ1) is 15.6. The Bertz CT molecular complexity index is 1150. The normalized spacial score (nSPS) is 19.3. The van der Waals surface area contributed by atoms with E-state index in [2.05, 4.69) is 45.5 Å². The molecule has 33 heavy (non-hydrogen) atoms. The summed E-state index contributed by atoms with van der Waals surface area (Å²) in [6, 6.07) is 14.5. The van der Waals surface area contributed by atoms with E-state index in [9.17, 15) is 15.0 Å². The zero-order valence-corrected chi connectivity index (χ0v) is 20.0. The van der Waals surface area contributed by atoms with Crippen LogP contribution in [0.2, 0.25) is 0 Å². The summed E-state index contributed by atoms with van der Waals surface area (Å²) in [4.78, 5) is 18.5. The number of aryl methyl sites for hydroxylation is 1. The molecule has 0 aliphatic carbocycles. The fourth-order valence-corrected chi connectivity index (χ4v) is 4.77. The molecule has 0 radical (unpaired) electrons. The van der Waals surface area contributed by atoms with Crippen molar-refractivity contribution in [3.05, 3.63) is 59.3 Å². The van der Waals surface area contributed by atoms with Crippen molar-refractivity contribution in [1.29, 1.82) is 0 Å². The maximum Gasteiger partial charge on any atom is 0.251 e. The lowest BCUT2D eigenvalue weighted by Gasteiger charge is -2.21. The summed E-state index contributed by atoms with van der Waals surface area (Å²) < 4.78 is 0. The third-order valence-electron chi connectivity index (χ3n) is 6.29. The average molecular weight is 450 g/mol. The molecule has 4 N–H and O–H groups in total. The van der Waals surface area contributed by atoms with Gasteiger partial charge in [0.15, 0.2) is 0 Å². The van der Waals surface area contributed by atoms with Gasteiger partial charge in [0.05, 0.1) is 6.61 Å². The zero-order chi connectivity index (χ0) is 23.8. The Morgan fingerprint density at radius 2 is 1.88 bits per heavy atom. The van der Waals surface area contributed by atoms with Crippen LogP contribution >= 0.6 is 0 Å². The van der Waals surface area contributed by atoms with E-state index < -0.39 is 0 Å². The van der Waals surface area contributed by atoms with Gasteiger partial charge in [0, 0.05) is 53.4 Å². The van der Waals surface area contributed by atoms with Gasteiger partial charge in [-0.2, -0.15) is 0 Å². The summed E-state index contributed by atoms with van der Waals surface area (Å²) in [5.41, 5.74) is 5.66. The minimum absolute atomic E-state index is 0.0670. The summed E-state index contributed by atoms with van der Waals surface area (Å²) in [6.45, 7) is 9.74. The van der Waals surface area contributed by atoms with Crippen molar-refractivity contribution in [2.24, 2.45) is 5.92 Å². The van der Waals surface area contributed by atoms with Crippen LogP contribution in [0.15, 0.2) is 42.5 Å². The molecule has 0 bridgehead atoms. The van der Waals surface area contributed by atoms with Gasteiger partial charge in [0.2, 0.25) is 0 Å². The standard InChI is InChI=1S/C27H35N3O3/c1-17-7-20(11-22(8-17)26(33)29-27(2,3)4)19-5-6-25-21(10-19)12-23(28-25)14-30-13-18(15-31)9-24(30)16-32/h5-8,10-12,18,24,28,31-32H,9,13-16H2,1-4H3,(H,29,33)/t18-,24+/m0/s1. The molecule has 2 aromatic carbocycles. The van der Waals surface area contributed by atoms with E-state index in [0.717, 1.165) is 46.3 Å². The molecule has 0 unspecified atom stereocenters. The highest BCUT2D eigenvalue weighted by molar-refractivity contribution is 5.96. The predicted octanol–water partition coefficient (Wildman–Crippen LogP) is 3.85. The molecule has 1 aliphatic heterocycles. The number of hydrogen-bond donors (Lipinski definition) is 4. The third kappa shape index (κ3) is 5.46. The molecule has 1 saturated heterocycles. The lowest BCUT2D eigenvalue weighted by Crippen LogP contribution is -2.40. The first-order valence-electron chi connectivity index (χ1n) is 11.7. The van der Waals surface area contributed by atoms with Gasteiger partial charge in [-0.15, -0.1) is 0 Å². The van der Waals surface area contributed by atoms with Crippen LogP contribution in [0.1, 0.15) is 48.8 Å². The molecule has 0 spiro atoms. The minimum atomic E-state index is -0.289. The fraction of sp³-hybridized carbons (Fsp3) is 0.444. The number of hydrogen-bond acceptors (Lipinski definition) is 4. The Morgan fingerprint density at radius 3 is 2.58 bits per heavy atom. The lowest BCUT2D eigenvalue weighted by atomic mass is 9.98. The van der Waals surface area contributed by atoms with Crippen molar-refractivity contribution in [2.45, 2.75) is 52.2 Å². The number of benzene rings is 2. The Balaban J connectivity index is 1.58. The second-order valence-corrected chi connectivity index (χ2v) is 10.4. The molecule has 1 amide bonds. The maximum atomic E-state index is 12.7. The van der Waals surface area contributed by atoms with Gasteiger partial charge >= 0.3 is 0 Å². The largest absolute Gasteiger partial charge is 0.396 e. The van der Waals surface area contributed by atoms with Crippen LogP contribution in [0.3, 0.4) is 0 Å². The van der Waals surface area contributed by atoms with E-state index in [1.165, 1.54) is 0 Å². The van der Waals surface area contributed by atoms with Crippen LogP contribution < -0.4 is 5.32 Å². The molecule has 4 rings (SSSR count). The van der Waals surface area contributed by atoms with Crippen LogP contribution in [0.4, 0.5) is 0 Å². The number of amides is 1. The van der Waals surface area contributed by atoms with E-state index in [-0.39, 0.29) is 36.6 Å². The number of nitrogens with zero attached hydrogens (tertiary/aromatic N) is 1. The van der Waals surface area contributed by atoms with Gasteiger partial charge < -0.3 is 20.5 Å². The lowest BCUT2D eigenvalue weighted by molar-refractivity contribution is 0.0919. The number of fused-ring (bicyclic) bond motifs is 1. The van der Waals surface area contributed by atoms with Crippen molar-refractivity contribution in [1.82, 2.24) is 15.2 Å². The molecule has 1 fully saturated rings. The first kappa shape index (κ1) is 23.5. The molecule has 1 aliphatic rings. The number of aliphatic hydroxyl groups excluding tert-OH is 2. The molecule has 0 saturated carbocycles. The molecule has 6 heteroatoms. The van der Waals surface area contributed by atoms with Crippen molar-refractivity contribution in [3.63, 3.8) is 0 Å². The van der Waals surface area contributed by atoms with Gasteiger partial charge in [0.25, 0.3) is 5.91 Å². The van der Waals surface area contributed by atoms with E-state index in [0.29, 0.717) is 12.1 Å². The topological polar surface area (TPSA) is 88.6 Å². The van der Waals surface area contributed by atoms with Crippen LogP contribution in [-0.4, -0.2) is 57.3 Å². The highest BCUT2D eigenvalue weighted by Crippen LogP contribution is 2.29. The smallest absolute Gasteiger partial charge is 0.251 e. The monoisotopic (exact) mass is 449 g/mol. The van der Waals surface area contributed by atoms with Crippen molar-refractivity contribution in [3.8, 4) is 11.1 Å². The first-order valence-corrected chi connectivity index (χ1v) is 11.7. The van der Waals surface area contributed by atoms with Crippen molar-refractivity contribution >= 4 is 16.8 Å². The highest BCUT2D eigenvalue weighted by Gasteiger charge is 2.31. The molecular weight excluding hydrogens is 414 g/mol. The Labute approximate surface area is 195 Å². The quantitative estimate of drug-likeness (QED) is 0.460. The number of rotatable bonds is 6. The number of carbonyl (C=O) groups is 1. The number of nitrogens with one attached hydrogen (secondary N) is 2. The Kier molecular flexibility index (Phi) is 6.61. The van der Waals surface area contributed by atoms with Gasteiger partial charge in [-0.05, 0) is 87.1 Å². The van der Waals surface area contributed by atoms with E-state index in [1.54, 1.807) is 0 Å². The summed E-state index contributed by atoms with van der Waals surface area (Å²) in [5, 5.41) is 23.4. The summed E-state index contributed by atoms with van der Waals surface area (Å²) in [5.74, 6) is 0.159. The Morgan fingerprint density at radius 1 is 1.09 bits per heavy atom. The predicted molar refractivity (Wildman–Crippen MR) is 132 cm³/mol. The fourth-order valence-electron chi connectivity index (χ4n) is 4.77. The van der Waals surface area contributed by atoms with Gasteiger partial charge in [-0.3, -0.25) is 9.69 Å². The van der Waals surface area contributed by atoms with E-state index >= 15 is 0 Å². The molecule has 2 heterocycles. The van der Waals surface area contributed by atoms with E-state index in [4.69, 9.17) is 0 Å². The van der Waals surface area contributed by atoms with Gasteiger partial charge in [-0.25, -0.2) is 0 Å². The summed E-state index contributed by atoms with van der Waals surface area (Å²) >= 11 is 0. The van der Waals surface area contributed by atoms with E-state index in [1.807, 2.05) is 39.8 Å². The van der Waals surface area contributed by atoms with Crippen LogP contribution in [0.5, 0.6) is 0 Å². The van der Waals surface area contributed by atoms with Crippen molar-refractivity contribution in [2.75, 3.05) is 19.8 Å². The maximum absolute atomic E-state index is 12.7.